The Hall–Kier alpha value is -2.86. The number of esters is 1. The third kappa shape index (κ3) is 3.16. The molecule has 3 rings (SSSR count). The molecule has 13 heteroatoms. The topological polar surface area (TPSA) is 120 Å². The Balaban J connectivity index is 0.000000396. The standard InChI is InChI=1S/C15H22N4O4.C2HF3O2/c1-6-15(13(22)23-5)10-9(11(20)18(4)12(10)21)8-7-17(3)14(16-2)19(8)15;3-2(4,5)1(6)7/h8-10H,6-7H2,1-5H3;(H,6,7)/t8-,9+,10-,15-;/m1./s1. The monoisotopic (exact) mass is 436 g/mol. The number of aliphatic carboxylic acids is 1. The number of carbonyl (C=O) groups is 4. The molecule has 168 valence electrons. The van der Waals surface area contributed by atoms with Gasteiger partial charge >= 0.3 is 18.1 Å². The fourth-order valence-corrected chi connectivity index (χ4v) is 4.61. The van der Waals surface area contributed by atoms with Gasteiger partial charge in [-0.05, 0) is 6.42 Å². The van der Waals surface area contributed by atoms with Crippen molar-refractivity contribution in [3.8, 4) is 0 Å². The lowest BCUT2D eigenvalue weighted by molar-refractivity contribution is -0.192. The van der Waals surface area contributed by atoms with Crippen LogP contribution in [-0.4, -0.2) is 102 Å². The van der Waals surface area contributed by atoms with Crippen LogP contribution in [0.5, 0.6) is 0 Å². The lowest BCUT2D eigenvalue weighted by atomic mass is 9.78. The summed E-state index contributed by atoms with van der Waals surface area (Å²) in [7, 11) is 6.32. The van der Waals surface area contributed by atoms with E-state index in [0.29, 0.717) is 18.9 Å². The maximum Gasteiger partial charge on any atom is 0.490 e. The number of carboxylic acid groups (broad SMARTS) is 1. The van der Waals surface area contributed by atoms with Crippen LogP contribution in [0.1, 0.15) is 13.3 Å². The van der Waals surface area contributed by atoms with Gasteiger partial charge in [0.15, 0.2) is 11.5 Å². The van der Waals surface area contributed by atoms with Gasteiger partial charge in [0.25, 0.3) is 0 Å². The predicted octanol–water partition coefficient (Wildman–Crippen LogP) is -0.212. The number of aliphatic imine (C=N–C) groups is 1. The van der Waals surface area contributed by atoms with Crippen LogP contribution >= 0.6 is 0 Å². The second-order valence-corrected chi connectivity index (χ2v) is 7.15. The highest BCUT2D eigenvalue weighted by molar-refractivity contribution is 6.11. The van der Waals surface area contributed by atoms with Crippen LogP contribution in [0.4, 0.5) is 13.2 Å². The van der Waals surface area contributed by atoms with Crippen molar-refractivity contribution >= 4 is 29.7 Å². The van der Waals surface area contributed by atoms with Crippen molar-refractivity contribution in [3.05, 3.63) is 0 Å². The van der Waals surface area contributed by atoms with Gasteiger partial charge in [-0.3, -0.25) is 19.5 Å². The predicted molar refractivity (Wildman–Crippen MR) is 95.1 cm³/mol. The van der Waals surface area contributed by atoms with E-state index < -0.39 is 35.5 Å². The number of halogens is 3. The van der Waals surface area contributed by atoms with E-state index >= 15 is 0 Å². The van der Waals surface area contributed by atoms with E-state index in [1.165, 1.54) is 14.2 Å². The highest BCUT2D eigenvalue weighted by Gasteiger charge is 2.73. The Morgan fingerprint density at radius 3 is 2.20 bits per heavy atom. The molecule has 0 bridgehead atoms. The summed E-state index contributed by atoms with van der Waals surface area (Å²) in [6.45, 7) is 2.40. The van der Waals surface area contributed by atoms with Crippen molar-refractivity contribution in [1.29, 1.82) is 0 Å². The number of methoxy groups -OCH3 is 1. The number of fused-ring (bicyclic) bond motifs is 3. The van der Waals surface area contributed by atoms with Crippen molar-refractivity contribution in [2.45, 2.75) is 31.1 Å². The Kier molecular flexibility index (Phi) is 6.06. The van der Waals surface area contributed by atoms with Gasteiger partial charge in [0.2, 0.25) is 11.8 Å². The van der Waals surface area contributed by atoms with E-state index in [4.69, 9.17) is 14.6 Å². The molecule has 0 radical (unpaired) electrons. The van der Waals surface area contributed by atoms with Gasteiger partial charge in [-0.15, -0.1) is 0 Å². The van der Waals surface area contributed by atoms with E-state index in [0.717, 1.165) is 4.90 Å². The quantitative estimate of drug-likeness (QED) is 0.466. The largest absolute Gasteiger partial charge is 0.490 e. The summed E-state index contributed by atoms with van der Waals surface area (Å²) in [6.07, 6.45) is -4.71. The van der Waals surface area contributed by atoms with Crippen molar-refractivity contribution in [2.75, 3.05) is 34.8 Å². The number of likely N-dealkylation sites (N-methyl/N-ethyl adjacent to an activating group) is 1. The van der Waals surface area contributed by atoms with Crippen molar-refractivity contribution < 1.29 is 42.2 Å². The van der Waals surface area contributed by atoms with Gasteiger partial charge in [-0.25, -0.2) is 9.59 Å². The maximum absolute atomic E-state index is 12.8. The molecule has 3 aliphatic rings. The van der Waals surface area contributed by atoms with Crippen LogP contribution < -0.4 is 0 Å². The van der Waals surface area contributed by atoms with E-state index in [-0.39, 0.29) is 17.9 Å². The fourth-order valence-electron chi connectivity index (χ4n) is 4.61. The second kappa shape index (κ2) is 7.76. The summed E-state index contributed by atoms with van der Waals surface area (Å²) >= 11 is 0. The number of amides is 2. The van der Waals surface area contributed by atoms with E-state index in [9.17, 15) is 27.6 Å². The first-order valence-electron chi connectivity index (χ1n) is 8.98. The number of alkyl halides is 3. The molecule has 1 N–H and O–H groups in total. The Morgan fingerprint density at radius 1 is 1.27 bits per heavy atom. The normalized spacial score (nSPS) is 31.5. The lowest BCUT2D eigenvalue weighted by Gasteiger charge is -2.39. The molecular formula is C17H23F3N4O6. The minimum Gasteiger partial charge on any atom is -0.475 e. The molecule has 0 aromatic carbocycles. The number of carbonyl (C=O) groups excluding carboxylic acids is 3. The lowest BCUT2D eigenvalue weighted by Crippen LogP contribution is -2.59. The number of ether oxygens (including phenoxy) is 1. The first kappa shape index (κ1) is 23.4. The third-order valence-electron chi connectivity index (χ3n) is 5.80. The summed E-state index contributed by atoms with van der Waals surface area (Å²) in [5, 5.41) is 7.12. The molecular weight excluding hydrogens is 413 g/mol. The summed E-state index contributed by atoms with van der Waals surface area (Å²) in [6, 6.07) is -0.246. The van der Waals surface area contributed by atoms with Crippen LogP contribution in [0.25, 0.3) is 0 Å². The summed E-state index contributed by atoms with van der Waals surface area (Å²) in [5.74, 6) is -4.39. The summed E-state index contributed by atoms with van der Waals surface area (Å²) in [4.78, 5) is 56.2. The molecule has 0 spiro atoms. The fraction of sp³-hybridized carbons (Fsp3) is 0.706. The highest BCUT2D eigenvalue weighted by atomic mass is 19.4. The molecule has 2 amide bonds. The highest BCUT2D eigenvalue weighted by Crippen LogP contribution is 2.52. The molecule has 0 saturated carbocycles. The molecule has 3 saturated heterocycles. The minimum absolute atomic E-state index is 0.222. The van der Waals surface area contributed by atoms with E-state index in [1.54, 1.807) is 7.05 Å². The summed E-state index contributed by atoms with van der Waals surface area (Å²) in [5.41, 5.74) is -1.18. The molecule has 0 aromatic heterocycles. The number of rotatable bonds is 2. The van der Waals surface area contributed by atoms with Crippen LogP contribution in [0.15, 0.2) is 4.99 Å². The van der Waals surface area contributed by atoms with Gasteiger partial charge in [-0.2, -0.15) is 13.2 Å². The van der Waals surface area contributed by atoms with Crippen molar-refractivity contribution in [3.63, 3.8) is 0 Å². The van der Waals surface area contributed by atoms with Crippen molar-refractivity contribution in [1.82, 2.24) is 14.7 Å². The number of carboxylic acids is 1. The van der Waals surface area contributed by atoms with Crippen molar-refractivity contribution in [2.24, 2.45) is 16.8 Å². The number of hydrogen-bond donors (Lipinski definition) is 1. The zero-order chi connectivity index (χ0) is 23.2. The molecule has 30 heavy (non-hydrogen) atoms. The number of guanidine groups is 1. The molecule has 4 atom stereocenters. The van der Waals surface area contributed by atoms with Crippen LogP contribution in [0.2, 0.25) is 0 Å². The van der Waals surface area contributed by atoms with Gasteiger partial charge < -0.3 is 19.6 Å². The first-order chi connectivity index (χ1) is 13.8. The Labute approximate surface area is 170 Å². The second-order valence-electron chi connectivity index (χ2n) is 7.15. The average Bonchev–Trinajstić information content (AvgIpc) is 3.23. The molecule has 3 fully saturated rings. The molecule has 3 heterocycles. The van der Waals surface area contributed by atoms with Crippen LogP contribution in [-0.2, 0) is 23.9 Å². The zero-order valence-electron chi connectivity index (χ0n) is 17.1. The Bertz CT molecular complexity index is 801. The molecule has 10 nitrogen and oxygen atoms in total. The SMILES string of the molecule is CC[C@]1(C(=O)OC)[C@H]2C(=O)N(C)C(=O)[C@H]2[C@H]2CN(C)C(=NC)N21.O=C(O)C(F)(F)F. The molecule has 3 aliphatic heterocycles. The minimum atomic E-state index is -5.08. The Morgan fingerprint density at radius 2 is 1.80 bits per heavy atom. The number of imide groups is 1. The average molecular weight is 436 g/mol. The number of likely N-dealkylation sites (tertiary alicyclic amines) is 1. The van der Waals surface area contributed by atoms with Gasteiger partial charge in [-0.1, -0.05) is 6.92 Å². The number of hydrogen-bond acceptors (Lipinski definition) is 6. The van der Waals surface area contributed by atoms with Gasteiger partial charge in [0, 0.05) is 27.7 Å². The molecule has 0 unspecified atom stereocenters. The van der Waals surface area contributed by atoms with Gasteiger partial charge in [0.1, 0.15) is 0 Å². The first-order valence-corrected chi connectivity index (χ1v) is 8.98. The van der Waals surface area contributed by atoms with E-state index in [1.807, 2.05) is 23.8 Å². The maximum atomic E-state index is 12.8. The smallest absolute Gasteiger partial charge is 0.475 e. The molecule has 0 aliphatic carbocycles. The zero-order valence-corrected chi connectivity index (χ0v) is 17.1. The third-order valence-corrected chi connectivity index (χ3v) is 5.80. The van der Waals surface area contributed by atoms with Gasteiger partial charge in [0.05, 0.1) is 25.0 Å². The summed E-state index contributed by atoms with van der Waals surface area (Å²) < 4.78 is 36.8. The van der Waals surface area contributed by atoms with Crippen LogP contribution in [0, 0.1) is 11.8 Å². The number of nitrogens with zero attached hydrogens (tertiary/aromatic N) is 4. The van der Waals surface area contributed by atoms with Crippen LogP contribution in [0.3, 0.4) is 0 Å². The van der Waals surface area contributed by atoms with E-state index in [2.05, 4.69) is 4.99 Å². The molecule has 0 aromatic rings.